The Morgan fingerprint density at radius 1 is 1.19 bits per heavy atom. The third-order valence-electron chi connectivity index (χ3n) is 4.43. The zero-order chi connectivity index (χ0) is 18.2. The van der Waals surface area contributed by atoms with Gasteiger partial charge >= 0.3 is 0 Å². The number of hydrogen-bond acceptors (Lipinski definition) is 5. The van der Waals surface area contributed by atoms with E-state index in [0.29, 0.717) is 31.8 Å². The van der Waals surface area contributed by atoms with Gasteiger partial charge in [-0.1, -0.05) is 12.1 Å². The van der Waals surface area contributed by atoms with Gasteiger partial charge in [-0.2, -0.15) is 0 Å². The van der Waals surface area contributed by atoms with Crippen LogP contribution in [0, 0.1) is 0 Å². The van der Waals surface area contributed by atoms with Crippen LogP contribution < -0.4 is 10.1 Å². The lowest BCUT2D eigenvalue weighted by molar-refractivity contribution is -0.123. The number of nitrogens with one attached hydrogen (secondary N) is 1. The van der Waals surface area contributed by atoms with Crippen molar-refractivity contribution >= 4 is 5.91 Å². The van der Waals surface area contributed by atoms with Crippen molar-refractivity contribution in [3.05, 3.63) is 59.9 Å². The molecule has 1 aromatic carbocycles. The molecule has 2 heterocycles. The van der Waals surface area contributed by atoms with Crippen LogP contribution in [0.3, 0.4) is 0 Å². The van der Waals surface area contributed by atoms with Gasteiger partial charge in [0.1, 0.15) is 11.9 Å². The number of hydrogen-bond donors (Lipinski definition) is 2. The van der Waals surface area contributed by atoms with Crippen molar-refractivity contribution in [3.63, 3.8) is 0 Å². The van der Waals surface area contributed by atoms with Crippen LogP contribution in [0.2, 0.25) is 0 Å². The van der Waals surface area contributed by atoms with Crippen molar-refractivity contribution in [2.24, 2.45) is 0 Å². The van der Waals surface area contributed by atoms with Gasteiger partial charge in [0.05, 0.1) is 19.3 Å². The summed E-state index contributed by atoms with van der Waals surface area (Å²) in [4.78, 5) is 16.3. The monoisotopic (exact) mass is 356 g/mol. The lowest BCUT2D eigenvalue weighted by atomic mass is 10.0. The molecular weight excluding hydrogens is 332 g/mol. The smallest absolute Gasteiger partial charge is 0.220 e. The maximum atomic E-state index is 12.3. The van der Waals surface area contributed by atoms with Crippen LogP contribution in [-0.4, -0.2) is 41.4 Å². The van der Waals surface area contributed by atoms with E-state index in [0.717, 1.165) is 17.5 Å². The van der Waals surface area contributed by atoms with Crippen LogP contribution in [0.1, 0.15) is 24.0 Å². The molecule has 3 rings (SSSR count). The summed E-state index contributed by atoms with van der Waals surface area (Å²) in [7, 11) is 0. The molecule has 26 heavy (non-hydrogen) atoms. The summed E-state index contributed by atoms with van der Waals surface area (Å²) in [5, 5.41) is 12.2. The zero-order valence-electron chi connectivity index (χ0n) is 14.6. The summed E-state index contributed by atoms with van der Waals surface area (Å²) < 4.78 is 11.5. The fourth-order valence-electron chi connectivity index (χ4n) is 2.93. The van der Waals surface area contributed by atoms with E-state index in [9.17, 15) is 4.79 Å². The van der Waals surface area contributed by atoms with Crippen LogP contribution in [0.4, 0.5) is 0 Å². The Labute approximate surface area is 153 Å². The number of amides is 1. The molecule has 2 atom stereocenters. The van der Waals surface area contributed by atoms with Crippen molar-refractivity contribution in [2.75, 3.05) is 13.2 Å². The maximum absolute atomic E-state index is 12.3. The van der Waals surface area contributed by atoms with Crippen LogP contribution in [-0.2, 0) is 22.6 Å². The summed E-state index contributed by atoms with van der Waals surface area (Å²) in [5.41, 5.74) is 1.93. The first-order valence-electron chi connectivity index (χ1n) is 8.87. The molecule has 1 aromatic heterocycles. The summed E-state index contributed by atoms with van der Waals surface area (Å²) >= 11 is 0. The number of carbonyl (C=O) groups excluding carboxylic acids is 1. The normalized spacial score (nSPS) is 19.7. The number of ether oxygens (including phenoxy) is 2. The van der Waals surface area contributed by atoms with Gasteiger partial charge in [0.2, 0.25) is 5.91 Å². The third-order valence-corrected chi connectivity index (χ3v) is 4.43. The average molecular weight is 356 g/mol. The lowest BCUT2D eigenvalue weighted by Crippen LogP contribution is -2.51. The topological polar surface area (TPSA) is 80.7 Å². The number of aromatic nitrogens is 1. The number of carbonyl (C=O) groups is 1. The third kappa shape index (κ3) is 5.28. The highest BCUT2D eigenvalue weighted by Crippen LogP contribution is 2.19. The van der Waals surface area contributed by atoms with Gasteiger partial charge in [0, 0.05) is 25.4 Å². The Kier molecular flexibility index (Phi) is 6.57. The molecule has 138 valence electrons. The van der Waals surface area contributed by atoms with Gasteiger partial charge in [-0.05, 0) is 48.2 Å². The first-order chi connectivity index (χ1) is 12.7. The molecule has 0 spiro atoms. The van der Waals surface area contributed by atoms with Crippen LogP contribution in [0.5, 0.6) is 5.75 Å². The number of rotatable bonds is 7. The largest absolute Gasteiger partial charge is 0.486 e. The molecular formula is C20H24N2O4. The van der Waals surface area contributed by atoms with E-state index < -0.39 is 0 Å². The SMILES string of the molecule is O=C(CCc1ccncc1)N[C@@H]1CCOC[C@H]1Oc1ccc(CO)cc1. The number of pyridine rings is 1. The van der Waals surface area contributed by atoms with E-state index in [4.69, 9.17) is 14.6 Å². The quantitative estimate of drug-likeness (QED) is 0.791. The lowest BCUT2D eigenvalue weighted by Gasteiger charge is -2.32. The summed E-state index contributed by atoms with van der Waals surface area (Å²) in [6.07, 6.45) is 5.08. The van der Waals surface area contributed by atoms with Crippen LogP contribution in [0.25, 0.3) is 0 Å². The second-order valence-electron chi connectivity index (χ2n) is 6.35. The predicted molar refractivity (Wildman–Crippen MR) is 96.7 cm³/mol. The van der Waals surface area contributed by atoms with Gasteiger partial charge in [-0.3, -0.25) is 9.78 Å². The van der Waals surface area contributed by atoms with Gasteiger partial charge < -0.3 is 19.9 Å². The highest BCUT2D eigenvalue weighted by atomic mass is 16.5. The number of aryl methyl sites for hydroxylation is 1. The molecule has 0 unspecified atom stereocenters. The molecule has 1 amide bonds. The molecule has 2 N–H and O–H groups in total. The molecule has 0 aliphatic carbocycles. The van der Waals surface area contributed by atoms with Gasteiger partial charge in [-0.25, -0.2) is 0 Å². The molecule has 1 aliphatic rings. The standard InChI is InChI=1S/C20H24N2O4/c23-13-16-1-4-17(5-2-16)26-19-14-25-12-9-18(19)22-20(24)6-3-15-7-10-21-11-8-15/h1-2,4-5,7-8,10-11,18-19,23H,3,6,9,12-14H2,(H,22,24)/t18-,19-/m1/s1. The highest BCUT2D eigenvalue weighted by molar-refractivity contribution is 5.76. The molecule has 0 saturated carbocycles. The maximum Gasteiger partial charge on any atom is 0.220 e. The second-order valence-corrected chi connectivity index (χ2v) is 6.35. The molecule has 6 heteroatoms. The van der Waals surface area contributed by atoms with Crippen molar-refractivity contribution in [2.45, 2.75) is 38.0 Å². The first-order valence-corrected chi connectivity index (χ1v) is 8.87. The Morgan fingerprint density at radius 2 is 1.96 bits per heavy atom. The van der Waals surface area contributed by atoms with Crippen molar-refractivity contribution in [1.29, 1.82) is 0 Å². The average Bonchev–Trinajstić information content (AvgIpc) is 2.69. The van der Waals surface area contributed by atoms with E-state index >= 15 is 0 Å². The van der Waals surface area contributed by atoms with Gasteiger partial charge in [0.25, 0.3) is 0 Å². The van der Waals surface area contributed by atoms with E-state index in [2.05, 4.69) is 10.3 Å². The van der Waals surface area contributed by atoms with Crippen molar-refractivity contribution in [3.8, 4) is 5.75 Å². The number of aliphatic hydroxyl groups is 1. The fraction of sp³-hybridized carbons (Fsp3) is 0.400. The minimum absolute atomic E-state index is 0.00296. The Bertz CT molecular complexity index is 691. The number of nitrogens with zero attached hydrogens (tertiary/aromatic N) is 1. The Hall–Kier alpha value is -2.44. The molecule has 6 nitrogen and oxygen atoms in total. The minimum atomic E-state index is -0.228. The summed E-state index contributed by atoms with van der Waals surface area (Å²) in [6, 6.07) is 11.0. The van der Waals surface area contributed by atoms with E-state index in [1.807, 2.05) is 36.4 Å². The molecule has 1 aliphatic heterocycles. The molecule has 0 bridgehead atoms. The fourth-order valence-corrected chi connectivity index (χ4v) is 2.93. The minimum Gasteiger partial charge on any atom is -0.486 e. The van der Waals surface area contributed by atoms with Crippen LogP contribution >= 0.6 is 0 Å². The Morgan fingerprint density at radius 3 is 2.69 bits per heavy atom. The Balaban J connectivity index is 1.53. The van der Waals surface area contributed by atoms with Gasteiger partial charge in [0.15, 0.2) is 0 Å². The van der Waals surface area contributed by atoms with E-state index in [-0.39, 0.29) is 24.7 Å². The van der Waals surface area contributed by atoms with Crippen LogP contribution in [0.15, 0.2) is 48.8 Å². The van der Waals surface area contributed by atoms with Gasteiger partial charge in [-0.15, -0.1) is 0 Å². The summed E-state index contributed by atoms with van der Waals surface area (Å²) in [6.45, 7) is 1.05. The number of benzene rings is 1. The van der Waals surface area contributed by atoms with Crippen molar-refractivity contribution < 1.29 is 19.4 Å². The zero-order valence-corrected chi connectivity index (χ0v) is 14.6. The number of aliphatic hydroxyl groups excluding tert-OH is 1. The predicted octanol–water partition coefficient (Wildman–Crippen LogP) is 1.86. The second kappa shape index (κ2) is 9.31. The first kappa shape index (κ1) is 18.4. The molecule has 0 radical (unpaired) electrons. The van der Waals surface area contributed by atoms with E-state index in [1.165, 1.54) is 0 Å². The van der Waals surface area contributed by atoms with Crippen molar-refractivity contribution in [1.82, 2.24) is 10.3 Å². The highest BCUT2D eigenvalue weighted by Gasteiger charge is 2.28. The summed E-state index contributed by atoms with van der Waals surface area (Å²) in [5.74, 6) is 0.715. The molecule has 2 aromatic rings. The molecule has 1 fully saturated rings. The van der Waals surface area contributed by atoms with E-state index in [1.54, 1.807) is 12.4 Å². The molecule has 1 saturated heterocycles.